The van der Waals surface area contributed by atoms with Crippen LogP contribution >= 0.6 is 24.8 Å². The molecule has 0 aromatic carbocycles. The zero-order chi connectivity index (χ0) is 9.10. The van der Waals surface area contributed by atoms with E-state index in [1.165, 1.54) is 0 Å². The first-order chi connectivity index (χ1) is 6.36. The third-order valence-electron chi connectivity index (χ3n) is 2.20. The van der Waals surface area contributed by atoms with Crippen molar-refractivity contribution in [1.82, 2.24) is 15.3 Å². The van der Waals surface area contributed by atoms with E-state index in [-0.39, 0.29) is 24.8 Å². The van der Waals surface area contributed by atoms with E-state index in [9.17, 15) is 0 Å². The van der Waals surface area contributed by atoms with Crippen molar-refractivity contribution < 1.29 is 0 Å². The van der Waals surface area contributed by atoms with Gasteiger partial charge in [-0.3, -0.25) is 0 Å². The van der Waals surface area contributed by atoms with Crippen molar-refractivity contribution in [3.63, 3.8) is 0 Å². The summed E-state index contributed by atoms with van der Waals surface area (Å²) in [5, 5.41) is 3.31. The Morgan fingerprint density at radius 1 is 1.27 bits per heavy atom. The standard InChI is InChI=1S/C9H14N4.2ClH/c1-8-11-3-2-9(12-8)13-6-4-10-5-7-13;;/h2-3,10H,4-7H2,1H3;2*1H. The van der Waals surface area contributed by atoms with Crippen LogP contribution in [0.3, 0.4) is 0 Å². The van der Waals surface area contributed by atoms with Gasteiger partial charge in [0.25, 0.3) is 0 Å². The Morgan fingerprint density at radius 3 is 2.53 bits per heavy atom. The van der Waals surface area contributed by atoms with E-state index in [0.717, 1.165) is 37.8 Å². The number of anilines is 1. The van der Waals surface area contributed by atoms with E-state index in [4.69, 9.17) is 0 Å². The lowest BCUT2D eigenvalue weighted by Gasteiger charge is -2.28. The molecule has 1 aliphatic rings. The Kier molecular flexibility index (Phi) is 6.56. The molecule has 86 valence electrons. The van der Waals surface area contributed by atoms with E-state index in [1.807, 2.05) is 19.2 Å². The van der Waals surface area contributed by atoms with Gasteiger partial charge in [-0.15, -0.1) is 24.8 Å². The molecule has 2 heterocycles. The van der Waals surface area contributed by atoms with Crippen LogP contribution in [0.4, 0.5) is 5.82 Å². The van der Waals surface area contributed by atoms with Crippen molar-refractivity contribution >= 4 is 30.6 Å². The van der Waals surface area contributed by atoms with Gasteiger partial charge in [0.15, 0.2) is 0 Å². The van der Waals surface area contributed by atoms with Crippen LogP contribution in [0.15, 0.2) is 12.3 Å². The molecule has 2 rings (SSSR count). The molecule has 1 fully saturated rings. The molecule has 0 spiro atoms. The first kappa shape index (κ1) is 14.4. The number of rotatable bonds is 1. The van der Waals surface area contributed by atoms with Gasteiger partial charge in [-0.2, -0.15) is 0 Å². The molecule has 0 unspecified atom stereocenters. The van der Waals surface area contributed by atoms with Crippen LogP contribution in [-0.2, 0) is 0 Å². The second-order valence-corrected chi connectivity index (χ2v) is 3.20. The summed E-state index contributed by atoms with van der Waals surface area (Å²) in [5.41, 5.74) is 0. The second kappa shape index (κ2) is 6.82. The van der Waals surface area contributed by atoms with Gasteiger partial charge >= 0.3 is 0 Å². The molecule has 1 aliphatic heterocycles. The first-order valence-corrected chi connectivity index (χ1v) is 4.61. The van der Waals surface area contributed by atoms with Crippen molar-refractivity contribution in [3.8, 4) is 0 Å². The Balaban J connectivity index is 0.000000980. The fourth-order valence-electron chi connectivity index (χ4n) is 1.51. The van der Waals surface area contributed by atoms with Gasteiger partial charge in [-0.05, 0) is 13.0 Å². The summed E-state index contributed by atoms with van der Waals surface area (Å²) < 4.78 is 0. The fraction of sp³-hybridized carbons (Fsp3) is 0.556. The van der Waals surface area contributed by atoms with Crippen LogP contribution in [0.5, 0.6) is 0 Å². The molecule has 1 aromatic heterocycles. The van der Waals surface area contributed by atoms with E-state index >= 15 is 0 Å². The number of piperazine rings is 1. The van der Waals surface area contributed by atoms with Gasteiger partial charge < -0.3 is 10.2 Å². The summed E-state index contributed by atoms with van der Waals surface area (Å²) in [6.45, 7) is 6.09. The monoisotopic (exact) mass is 250 g/mol. The number of aromatic nitrogens is 2. The molecule has 4 nitrogen and oxygen atoms in total. The maximum atomic E-state index is 4.38. The number of aryl methyl sites for hydroxylation is 1. The Labute approximate surface area is 102 Å². The minimum absolute atomic E-state index is 0. The third-order valence-corrected chi connectivity index (χ3v) is 2.20. The normalized spacial score (nSPS) is 15.1. The summed E-state index contributed by atoms with van der Waals surface area (Å²) in [7, 11) is 0. The van der Waals surface area contributed by atoms with Gasteiger partial charge in [0, 0.05) is 32.4 Å². The van der Waals surface area contributed by atoms with E-state index < -0.39 is 0 Å². The quantitative estimate of drug-likeness (QED) is 0.809. The van der Waals surface area contributed by atoms with Gasteiger partial charge in [0.1, 0.15) is 11.6 Å². The second-order valence-electron chi connectivity index (χ2n) is 3.20. The van der Waals surface area contributed by atoms with E-state index in [1.54, 1.807) is 0 Å². The summed E-state index contributed by atoms with van der Waals surface area (Å²) in [5.74, 6) is 1.89. The lowest BCUT2D eigenvalue weighted by Crippen LogP contribution is -2.43. The van der Waals surface area contributed by atoms with Crippen molar-refractivity contribution in [2.75, 3.05) is 31.1 Å². The maximum Gasteiger partial charge on any atom is 0.132 e. The smallest absolute Gasteiger partial charge is 0.132 e. The summed E-state index contributed by atoms with van der Waals surface area (Å²) in [4.78, 5) is 10.7. The van der Waals surface area contributed by atoms with Crippen molar-refractivity contribution in [1.29, 1.82) is 0 Å². The predicted octanol–water partition coefficient (Wildman–Crippen LogP) is 1.04. The Bertz CT molecular complexity index is 289. The minimum atomic E-state index is 0. The van der Waals surface area contributed by atoms with E-state index in [2.05, 4.69) is 20.2 Å². The molecular formula is C9H16Cl2N4. The molecular weight excluding hydrogens is 235 g/mol. The highest BCUT2D eigenvalue weighted by Gasteiger charge is 2.10. The molecule has 0 radical (unpaired) electrons. The number of hydrogen-bond acceptors (Lipinski definition) is 4. The zero-order valence-corrected chi connectivity index (χ0v) is 10.3. The highest BCUT2D eigenvalue weighted by molar-refractivity contribution is 5.85. The molecule has 0 saturated carbocycles. The largest absolute Gasteiger partial charge is 0.354 e. The van der Waals surface area contributed by atoms with Crippen LogP contribution < -0.4 is 10.2 Å². The Morgan fingerprint density at radius 2 is 1.93 bits per heavy atom. The van der Waals surface area contributed by atoms with Crippen LogP contribution in [0.2, 0.25) is 0 Å². The zero-order valence-electron chi connectivity index (χ0n) is 8.64. The molecule has 0 atom stereocenters. The Hall–Kier alpha value is -0.580. The highest BCUT2D eigenvalue weighted by atomic mass is 35.5. The molecule has 0 aliphatic carbocycles. The molecule has 1 N–H and O–H groups in total. The van der Waals surface area contributed by atoms with Crippen molar-refractivity contribution in [3.05, 3.63) is 18.1 Å². The molecule has 0 amide bonds. The van der Waals surface area contributed by atoms with Crippen LogP contribution in [0.25, 0.3) is 0 Å². The van der Waals surface area contributed by atoms with Gasteiger partial charge in [0.2, 0.25) is 0 Å². The third kappa shape index (κ3) is 3.81. The van der Waals surface area contributed by atoms with Gasteiger partial charge in [-0.25, -0.2) is 9.97 Å². The van der Waals surface area contributed by atoms with Crippen LogP contribution in [0, 0.1) is 6.92 Å². The molecule has 1 saturated heterocycles. The first-order valence-electron chi connectivity index (χ1n) is 4.61. The van der Waals surface area contributed by atoms with Crippen LogP contribution in [0.1, 0.15) is 5.82 Å². The minimum Gasteiger partial charge on any atom is -0.354 e. The van der Waals surface area contributed by atoms with E-state index in [0.29, 0.717) is 0 Å². The number of nitrogens with one attached hydrogen (secondary N) is 1. The molecule has 15 heavy (non-hydrogen) atoms. The van der Waals surface area contributed by atoms with Crippen LogP contribution in [-0.4, -0.2) is 36.1 Å². The number of nitrogens with zero attached hydrogens (tertiary/aromatic N) is 3. The lowest BCUT2D eigenvalue weighted by molar-refractivity contribution is 0.584. The molecule has 0 bridgehead atoms. The lowest BCUT2D eigenvalue weighted by atomic mass is 10.3. The molecule has 1 aromatic rings. The average molecular weight is 251 g/mol. The summed E-state index contributed by atoms with van der Waals surface area (Å²) in [6.07, 6.45) is 1.82. The average Bonchev–Trinajstić information content (AvgIpc) is 2.19. The highest BCUT2D eigenvalue weighted by Crippen LogP contribution is 2.09. The van der Waals surface area contributed by atoms with Gasteiger partial charge in [0.05, 0.1) is 0 Å². The number of hydrogen-bond donors (Lipinski definition) is 1. The summed E-state index contributed by atoms with van der Waals surface area (Å²) in [6, 6.07) is 1.97. The van der Waals surface area contributed by atoms with Crippen molar-refractivity contribution in [2.45, 2.75) is 6.92 Å². The summed E-state index contributed by atoms with van der Waals surface area (Å²) >= 11 is 0. The fourth-order valence-corrected chi connectivity index (χ4v) is 1.51. The molecule has 6 heteroatoms. The SMILES string of the molecule is Cc1nccc(N2CCNCC2)n1.Cl.Cl. The number of halogens is 2. The maximum absolute atomic E-state index is 4.38. The topological polar surface area (TPSA) is 41.1 Å². The predicted molar refractivity (Wildman–Crippen MR) is 66.3 cm³/mol. The van der Waals surface area contributed by atoms with Gasteiger partial charge in [-0.1, -0.05) is 0 Å². The van der Waals surface area contributed by atoms with Crippen molar-refractivity contribution in [2.24, 2.45) is 0 Å².